The number of hydrogen-bond donors (Lipinski definition) is 0. The Morgan fingerprint density at radius 1 is 0.311 bits per heavy atom. The van der Waals surface area contributed by atoms with E-state index < -0.39 is 0 Å². The van der Waals surface area contributed by atoms with Crippen molar-refractivity contribution in [1.82, 2.24) is 0 Å². The lowest BCUT2D eigenvalue weighted by atomic mass is 9.98. The van der Waals surface area contributed by atoms with Gasteiger partial charge in [0.25, 0.3) is 0 Å². The molecule has 9 aromatic rings. The van der Waals surface area contributed by atoms with Gasteiger partial charge in [-0.1, -0.05) is 103 Å². The Bertz CT molecular complexity index is 2310. The molecule has 0 fully saturated rings. The summed E-state index contributed by atoms with van der Waals surface area (Å²) in [5, 5.41) is 5.34. The molecule has 0 aliphatic heterocycles. The van der Waals surface area contributed by atoms with Crippen LogP contribution in [0.5, 0.6) is 0 Å². The highest BCUT2D eigenvalue weighted by Gasteiger charge is 2.16. The lowest BCUT2D eigenvalue weighted by molar-refractivity contribution is 1.28. The van der Waals surface area contributed by atoms with E-state index in [1.165, 1.54) is 62.6 Å². The van der Waals surface area contributed by atoms with Gasteiger partial charge >= 0.3 is 0 Å². The van der Waals surface area contributed by atoms with Gasteiger partial charge in [0.05, 0.1) is 0 Å². The Hall–Kier alpha value is -5.22. The van der Waals surface area contributed by atoms with E-state index in [1.54, 1.807) is 0 Å². The summed E-state index contributed by atoms with van der Waals surface area (Å²) in [6.07, 6.45) is 0. The summed E-state index contributed by atoms with van der Waals surface area (Å²) in [7, 11) is 0. The molecule has 0 spiro atoms. The SMILES string of the molecule is c1ccc(N(c2ccc(-c3cccc4sc5ccccc5c34)cc2)c2ccc(-c3cccc4sc5ccccc5c34)cc2)cc1. The molecule has 0 radical (unpaired) electrons. The number of nitrogens with zero attached hydrogens (tertiary/aromatic N) is 1. The first-order valence-corrected chi connectivity index (χ1v) is 16.8. The van der Waals surface area contributed by atoms with Crippen LogP contribution in [-0.4, -0.2) is 0 Å². The van der Waals surface area contributed by atoms with Crippen molar-refractivity contribution in [2.45, 2.75) is 0 Å². The Morgan fingerprint density at radius 2 is 0.711 bits per heavy atom. The highest BCUT2D eigenvalue weighted by molar-refractivity contribution is 7.26. The predicted molar refractivity (Wildman–Crippen MR) is 198 cm³/mol. The highest BCUT2D eigenvalue weighted by Crippen LogP contribution is 2.43. The average Bonchev–Trinajstić information content (AvgIpc) is 3.68. The third-order valence-electron chi connectivity index (χ3n) is 8.69. The minimum absolute atomic E-state index is 1.13. The number of fused-ring (bicyclic) bond motifs is 6. The maximum Gasteiger partial charge on any atom is 0.0462 e. The molecule has 1 nitrogen and oxygen atoms in total. The number of anilines is 3. The maximum atomic E-state index is 2.34. The summed E-state index contributed by atoms with van der Waals surface area (Å²) in [6, 6.07) is 59.5. The molecule has 0 aliphatic carbocycles. The van der Waals surface area contributed by atoms with E-state index in [4.69, 9.17) is 0 Å². The van der Waals surface area contributed by atoms with E-state index in [0.717, 1.165) is 17.1 Å². The molecule has 0 unspecified atom stereocenters. The molecule has 2 aromatic heterocycles. The molecule has 2 heterocycles. The largest absolute Gasteiger partial charge is 0.311 e. The van der Waals surface area contributed by atoms with Crippen LogP contribution < -0.4 is 4.90 Å². The highest BCUT2D eigenvalue weighted by atomic mass is 32.1. The number of hydrogen-bond acceptors (Lipinski definition) is 3. The lowest BCUT2D eigenvalue weighted by Gasteiger charge is -2.26. The van der Waals surface area contributed by atoms with E-state index in [1.807, 2.05) is 22.7 Å². The lowest BCUT2D eigenvalue weighted by Crippen LogP contribution is -2.09. The van der Waals surface area contributed by atoms with Gasteiger partial charge in [-0.25, -0.2) is 0 Å². The van der Waals surface area contributed by atoms with Crippen LogP contribution >= 0.6 is 22.7 Å². The quantitative estimate of drug-likeness (QED) is 0.188. The molecular weight excluding hydrogens is 583 g/mol. The van der Waals surface area contributed by atoms with Crippen LogP contribution in [0.15, 0.2) is 164 Å². The van der Waals surface area contributed by atoms with E-state index in [2.05, 4.69) is 169 Å². The van der Waals surface area contributed by atoms with Gasteiger partial charge < -0.3 is 4.90 Å². The minimum Gasteiger partial charge on any atom is -0.311 e. The van der Waals surface area contributed by atoms with Gasteiger partial charge in [0.2, 0.25) is 0 Å². The molecule has 0 saturated heterocycles. The molecule has 9 rings (SSSR count). The summed E-state index contributed by atoms with van der Waals surface area (Å²) < 4.78 is 5.32. The van der Waals surface area contributed by atoms with Crippen LogP contribution in [-0.2, 0) is 0 Å². The third-order valence-corrected chi connectivity index (χ3v) is 11.0. The fourth-order valence-electron chi connectivity index (χ4n) is 6.63. The van der Waals surface area contributed by atoms with Gasteiger partial charge in [0, 0.05) is 57.4 Å². The number of benzene rings is 7. The molecule has 212 valence electrons. The molecule has 0 atom stereocenters. The van der Waals surface area contributed by atoms with Gasteiger partial charge in [-0.3, -0.25) is 0 Å². The molecule has 0 saturated carbocycles. The van der Waals surface area contributed by atoms with Crippen molar-refractivity contribution in [3.63, 3.8) is 0 Å². The second kappa shape index (κ2) is 10.7. The zero-order chi connectivity index (χ0) is 29.7. The zero-order valence-electron chi connectivity index (χ0n) is 24.4. The Kier molecular flexibility index (Phi) is 6.26. The predicted octanol–water partition coefficient (Wildman–Crippen LogP) is 13.2. The molecular formula is C42H27NS2. The molecule has 0 amide bonds. The van der Waals surface area contributed by atoms with Crippen molar-refractivity contribution in [1.29, 1.82) is 0 Å². The topological polar surface area (TPSA) is 3.24 Å². The van der Waals surface area contributed by atoms with Gasteiger partial charge in [-0.15, -0.1) is 22.7 Å². The summed E-state index contributed by atoms with van der Waals surface area (Å²) >= 11 is 3.73. The fraction of sp³-hybridized carbons (Fsp3) is 0. The Labute approximate surface area is 269 Å². The van der Waals surface area contributed by atoms with Crippen LogP contribution in [0.1, 0.15) is 0 Å². The van der Waals surface area contributed by atoms with Crippen molar-refractivity contribution in [3.8, 4) is 22.3 Å². The second-order valence-corrected chi connectivity index (χ2v) is 13.5. The maximum absolute atomic E-state index is 2.34. The molecule has 45 heavy (non-hydrogen) atoms. The van der Waals surface area contributed by atoms with E-state index in [0.29, 0.717) is 0 Å². The molecule has 0 aliphatic rings. The summed E-state index contributed by atoms with van der Waals surface area (Å²) in [5.41, 5.74) is 8.41. The second-order valence-electron chi connectivity index (χ2n) is 11.3. The molecule has 0 bridgehead atoms. The van der Waals surface area contributed by atoms with Gasteiger partial charge in [0.15, 0.2) is 0 Å². The van der Waals surface area contributed by atoms with Crippen molar-refractivity contribution >= 4 is 80.1 Å². The number of para-hydroxylation sites is 1. The third kappa shape index (κ3) is 4.43. The monoisotopic (exact) mass is 609 g/mol. The fourth-order valence-corrected chi connectivity index (χ4v) is 8.90. The Morgan fingerprint density at radius 3 is 1.20 bits per heavy atom. The first-order valence-electron chi connectivity index (χ1n) is 15.2. The first kappa shape index (κ1) is 26.2. The molecule has 7 aromatic carbocycles. The standard InChI is InChI=1S/C42H27NS2/c1-2-10-30(11-3-1)43(31-24-20-28(21-25-31)33-14-8-18-39-41(33)35-12-4-6-16-37(35)44-39)32-26-22-29(23-27-32)34-15-9-19-40-42(34)36-13-5-7-17-38(36)45-40/h1-27H. The number of thiophene rings is 2. The number of rotatable bonds is 5. The van der Waals surface area contributed by atoms with Crippen molar-refractivity contribution < 1.29 is 0 Å². The van der Waals surface area contributed by atoms with Crippen molar-refractivity contribution in [3.05, 3.63) is 164 Å². The normalized spacial score (nSPS) is 11.6. The van der Waals surface area contributed by atoms with Crippen molar-refractivity contribution in [2.75, 3.05) is 4.90 Å². The summed E-state index contributed by atoms with van der Waals surface area (Å²) in [6.45, 7) is 0. The van der Waals surface area contributed by atoms with Crippen LogP contribution in [0.4, 0.5) is 17.1 Å². The van der Waals surface area contributed by atoms with Crippen LogP contribution in [0.25, 0.3) is 62.6 Å². The summed E-state index contributed by atoms with van der Waals surface area (Å²) in [4.78, 5) is 2.34. The first-order chi connectivity index (χ1) is 22.3. The summed E-state index contributed by atoms with van der Waals surface area (Å²) in [5.74, 6) is 0. The zero-order valence-corrected chi connectivity index (χ0v) is 26.0. The van der Waals surface area contributed by atoms with Crippen LogP contribution in [0.3, 0.4) is 0 Å². The van der Waals surface area contributed by atoms with E-state index in [9.17, 15) is 0 Å². The Balaban J connectivity index is 1.12. The van der Waals surface area contributed by atoms with Gasteiger partial charge in [-0.2, -0.15) is 0 Å². The van der Waals surface area contributed by atoms with Gasteiger partial charge in [0.1, 0.15) is 0 Å². The van der Waals surface area contributed by atoms with Crippen LogP contribution in [0.2, 0.25) is 0 Å². The minimum atomic E-state index is 1.13. The molecule has 0 N–H and O–H groups in total. The van der Waals surface area contributed by atoms with Gasteiger partial charge in [-0.05, 0) is 82.9 Å². The smallest absolute Gasteiger partial charge is 0.0462 e. The van der Waals surface area contributed by atoms with Crippen molar-refractivity contribution in [2.24, 2.45) is 0 Å². The van der Waals surface area contributed by atoms with E-state index >= 15 is 0 Å². The van der Waals surface area contributed by atoms with Crippen LogP contribution in [0, 0.1) is 0 Å². The average molecular weight is 610 g/mol. The van der Waals surface area contributed by atoms with E-state index in [-0.39, 0.29) is 0 Å². The molecule has 3 heteroatoms.